The largest absolute Gasteiger partial charge is 0.313 e. The lowest BCUT2D eigenvalue weighted by Gasteiger charge is -2.31. The van der Waals surface area contributed by atoms with Crippen LogP contribution >= 0.6 is 11.8 Å². The van der Waals surface area contributed by atoms with E-state index in [0.717, 1.165) is 17.2 Å². The van der Waals surface area contributed by atoms with Gasteiger partial charge in [-0.2, -0.15) is 11.8 Å². The molecule has 106 valence electrons. The number of rotatable bonds is 7. The van der Waals surface area contributed by atoms with Gasteiger partial charge in [0.2, 0.25) is 0 Å². The van der Waals surface area contributed by atoms with Crippen LogP contribution in [0.4, 0.5) is 0 Å². The van der Waals surface area contributed by atoms with Gasteiger partial charge in [-0.3, -0.25) is 0 Å². The minimum atomic E-state index is 0.802. The van der Waals surface area contributed by atoms with Crippen LogP contribution in [0.5, 0.6) is 0 Å². The first-order valence-corrected chi connectivity index (χ1v) is 9.30. The number of hydrogen-bond donors (Lipinski definition) is 1. The molecule has 0 bridgehead atoms. The Morgan fingerprint density at radius 3 is 2.33 bits per heavy atom. The molecule has 2 rings (SSSR count). The van der Waals surface area contributed by atoms with Crippen LogP contribution in [0.25, 0.3) is 0 Å². The second-order valence-electron chi connectivity index (χ2n) is 6.20. The fourth-order valence-electron chi connectivity index (χ4n) is 3.52. The molecule has 0 aliphatic heterocycles. The summed E-state index contributed by atoms with van der Waals surface area (Å²) < 4.78 is 0. The summed E-state index contributed by atoms with van der Waals surface area (Å²) in [6.45, 7) is 3.50. The fraction of sp³-hybridized carbons (Fsp3) is 1.00. The maximum Gasteiger partial charge on any atom is 0.0186 e. The molecule has 1 nitrogen and oxygen atoms in total. The fourth-order valence-corrected chi connectivity index (χ4v) is 5.06. The molecule has 2 saturated carbocycles. The van der Waals surface area contributed by atoms with Crippen LogP contribution < -0.4 is 5.32 Å². The van der Waals surface area contributed by atoms with E-state index in [-0.39, 0.29) is 0 Å². The van der Waals surface area contributed by atoms with Gasteiger partial charge >= 0.3 is 0 Å². The van der Waals surface area contributed by atoms with E-state index in [1.54, 1.807) is 0 Å². The van der Waals surface area contributed by atoms with Crippen LogP contribution in [0.15, 0.2) is 0 Å². The van der Waals surface area contributed by atoms with Crippen molar-refractivity contribution in [2.24, 2.45) is 5.92 Å². The monoisotopic (exact) mass is 269 g/mol. The van der Waals surface area contributed by atoms with Crippen LogP contribution in [0.1, 0.15) is 71.1 Å². The van der Waals surface area contributed by atoms with E-state index in [1.807, 2.05) is 0 Å². The zero-order chi connectivity index (χ0) is 12.6. The van der Waals surface area contributed by atoms with Gasteiger partial charge < -0.3 is 5.32 Å². The van der Waals surface area contributed by atoms with Gasteiger partial charge in [0, 0.05) is 17.0 Å². The van der Waals surface area contributed by atoms with E-state index < -0.39 is 0 Å². The van der Waals surface area contributed by atoms with Crippen molar-refractivity contribution in [2.45, 2.75) is 82.4 Å². The lowest BCUT2D eigenvalue weighted by atomic mass is 9.84. The minimum Gasteiger partial charge on any atom is -0.313 e. The summed E-state index contributed by atoms with van der Waals surface area (Å²) >= 11 is 2.27. The Labute approximate surface area is 118 Å². The molecule has 2 fully saturated rings. The van der Waals surface area contributed by atoms with Crippen molar-refractivity contribution in [3.8, 4) is 0 Å². The Hall–Kier alpha value is 0.310. The van der Waals surface area contributed by atoms with E-state index in [2.05, 4.69) is 24.0 Å². The van der Waals surface area contributed by atoms with Crippen molar-refractivity contribution in [3.63, 3.8) is 0 Å². The molecule has 0 heterocycles. The molecule has 1 N–H and O–H groups in total. The highest BCUT2D eigenvalue weighted by Gasteiger charge is 2.25. The highest BCUT2D eigenvalue weighted by Crippen LogP contribution is 2.33. The molecule has 18 heavy (non-hydrogen) atoms. The molecule has 2 aliphatic carbocycles. The van der Waals surface area contributed by atoms with Crippen molar-refractivity contribution in [3.05, 3.63) is 0 Å². The number of nitrogens with one attached hydrogen (secondary N) is 1. The molecule has 0 amide bonds. The average Bonchev–Trinajstić information content (AvgIpc) is 2.93. The smallest absolute Gasteiger partial charge is 0.0186 e. The maximum absolute atomic E-state index is 3.84. The van der Waals surface area contributed by atoms with Crippen molar-refractivity contribution in [2.75, 3.05) is 12.3 Å². The molecule has 1 unspecified atom stereocenters. The van der Waals surface area contributed by atoms with E-state index in [0.29, 0.717) is 0 Å². The summed E-state index contributed by atoms with van der Waals surface area (Å²) in [7, 11) is 0. The summed E-state index contributed by atoms with van der Waals surface area (Å²) in [5.74, 6) is 2.34. The molecule has 0 radical (unpaired) electrons. The van der Waals surface area contributed by atoms with Crippen LogP contribution in [0, 0.1) is 5.92 Å². The summed E-state index contributed by atoms with van der Waals surface area (Å²) in [4.78, 5) is 0. The third-order valence-electron chi connectivity index (χ3n) is 4.69. The second-order valence-corrected chi connectivity index (χ2v) is 7.53. The van der Waals surface area contributed by atoms with Crippen molar-refractivity contribution >= 4 is 11.8 Å². The van der Waals surface area contributed by atoms with Gasteiger partial charge in [0.25, 0.3) is 0 Å². The Bertz CT molecular complexity index is 207. The van der Waals surface area contributed by atoms with E-state index in [9.17, 15) is 0 Å². The standard InChI is InChI=1S/C16H31NS/c1-2-12-17-16(14-8-4-3-5-9-14)13-18-15-10-6-7-11-15/h14-17H,2-13H2,1H3. The van der Waals surface area contributed by atoms with Crippen LogP contribution in [0.2, 0.25) is 0 Å². The van der Waals surface area contributed by atoms with Crippen LogP contribution in [-0.4, -0.2) is 23.6 Å². The average molecular weight is 269 g/mol. The van der Waals surface area contributed by atoms with Gasteiger partial charge in [-0.25, -0.2) is 0 Å². The maximum atomic E-state index is 3.84. The van der Waals surface area contributed by atoms with Crippen molar-refractivity contribution in [1.29, 1.82) is 0 Å². The number of thioether (sulfide) groups is 1. The Morgan fingerprint density at radius 1 is 1.00 bits per heavy atom. The molecule has 0 aromatic carbocycles. The molecule has 2 heteroatoms. The second kappa shape index (κ2) is 8.47. The molecule has 2 aliphatic rings. The predicted molar refractivity (Wildman–Crippen MR) is 83.4 cm³/mol. The lowest BCUT2D eigenvalue weighted by molar-refractivity contribution is 0.285. The molecule has 0 aromatic heterocycles. The minimum absolute atomic E-state index is 0.802. The third kappa shape index (κ3) is 4.77. The molecule has 0 saturated heterocycles. The predicted octanol–water partition coefficient (Wildman–Crippen LogP) is 4.61. The molecular formula is C16H31NS. The molecule has 0 aromatic rings. The normalized spacial score (nSPS) is 24.5. The number of hydrogen-bond acceptors (Lipinski definition) is 2. The SMILES string of the molecule is CCCNC(CSC1CCCC1)C1CCCCC1. The molecule has 1 atom stereocenters. The highest BCUT2D eigenvalue weighted by atomic mass is 32.2. The topological polar surface area (TPSA) is 12.0 Å². The van der Waals surface area contributed by atoms with Gasteiger partial charge in [0.15, 0.2) is 0 Å². The van der Waals surface area contributed by atoms with Gasteiger partial charge in [0.05, 0.1) is 0 Å². The van der Waals surface area contributed by atoms with E-state index in [1.165, 1.54) is 76.5 Å². The first-order chi connectivity index (χ1) is 8.90. The van der Waals surface area contributed by atoms with Crippen molar-refractivity contribution < 1.29 is 0 Å². The van der Waals surface area contributed by atoms with Crippen molar-refractivity contribution in [1.82, 2.24) is 5.32 Å². The van der Waals surface area contributed by atoms with Gasteiger partial charge in [-0.05, 0) is 44.6 Å². The first kappa shape index (κ1) is 14.7. The first-order valence-electron chi connectivity index (χ1n) is 8.25. The van der Waals surface area contributed by atoms with Crippen LogP contribution in [-0.2, 0) is 0 Å². The summed E-state index contributed by atoms with van der Waals surface area (Å²) in [6, 6.07) is 0.802. The zero-order valence-corrected chi connectivity index (χ0v) is 12.9. The van der Waals surface area contributed by atoms with Gasteiger partial charge in [-0.1, -0.05) is 39.0 Å². The summed E-state index contributed by atoms with van der Waals surface area (Å²) in [6.07, 6.45) is 14.6. The molecular weight excluding hydrogens is 238 g/mol. The lowest BCUT2D eigenvalue weighted by Crippen LogP contribution is -2.40. The summed E-state index contributed by atoms with van der Waals surface area (Å²) in [5.41, 5.74) is 0. The zero-order valence-electron chi connectivity index (χ0n) is 12.1. The van der Waals surface area contributed by atoms with Crippen LogP contribution in [0.3, 0.4) is 0 Å². The summed E-state index contributed by atoms with van der Waals surface area (Å²) in [5, 5.41) is 4.83. The molecule has 0 spiro atoms. The Kier molecular flexibility index (Phi) is 6.93. The highest BCUT2D eigenvalue weighted by molar-refractivity contribution is 7.99. The van der Waals surface area contributed by atoms with E-state index >= 15 is 0 Å². The Balaban J connectivity index is 1.75. The quantitative estimate of drug-likeness (QED) is 0.724. The van der Waals surface area contributed by atoms with Gasteiger partial charge in [0.1, 0.15) is 0 Å². The third-order valence-corrected chi connectivity index (χ3v) is 6.18. The van der Waals surface area contributed by atoms with E-state index in [4.69, 9.17) is 0 Å². The van der Waals surface area contributed by atoms with Gasteiger partial charge in [-0.15, -0.1) is 0 Å². The Morgan fingerprint density at radius 2 is 1.67 bits per heavy atom.